The molecule has 2 unspecified atom stereocenters. The van der Waals surface area contributed by atoms with Crippen LogP contribution in [0, 0.1) is 12.8 Å². The Hall–Kier alpha value is -2.25. The molecule has 3 N–H and O–H groups in total. The van der Waals surface area contributed by atoms with Gasteiger partial charge in [0.15, 0.2) is 11.0 Å². The number of hydrogen-bond donors (Lipinski definition) is 2. The Morgan fingerprint density at radius 3 is 2.45 bits per heavy atom. The van der Waals surface area contributed by atoms with Crippen LogP contribution < -0.4 is 5.73 Å². The number of carbonyl (C=O) groups is 2. The fourth-order valence-electron chi connectivity index (χ4n) is 4.24. The first-order chi connectivity index (χ1) is 15.4. The third-order valence-corrected chi connectivity index (χ3v) is 7.86. The molecule has 6 nitrogen and oxygen atoms in total. The maximum Gasteiger partial charge on any atom is 0.327 e. The lowest BCUT2D eigenvalue weighted by atomic mass is 9.78. The number of cyclic esters (lactones) is 1. The number of benzene rings is 1. The molecule has 1 fully saturated rings. The average molecular weight is 474 g/mol. The molecule has 180 valence electrons. The number of aryl methyl sites for hydroxylation is 2. The number of aliphatic hydroxyl groups is 1. The fraction of sp³-hybridized carbons (Fsp3) is 0.538. The standard InChI is InChI=1S/C26H35NO5S/c1-15(2)26(8-7-17-13-31-14-18(17)12-28)11-21(29)23(24(30)32-26)33-22-9-16(3)20(27)10-19(22)25(4,5)6/h9-10,13-15,23,28H,7-8,11-12,27H2,1-6H3. The van der Waals surface area contributed by atoms with Gasteiger partial charge in [-0.25, -0.2) is 0 Å². The van der Waals surface area contributed by atoms with E-state index >= 15 is 0 Å². The number of nitrogen functional groups attached to an aromatic ring is 1. The van der Waals surface area contributed by atoms with Crippen LogP contribution in [-0.4, -0.2) is 27.7 Å². The van der Waals surface area contributed by atoms with Gasteiger partial charge < -0.3 is 20.0 Å². The highest BCUT2D eigenvalue weighted by molar-refractivity contribution is 8.01. The molecule has 2 atom stereocenters. The van der Waals surface area contributed by atoms with Gasteiger partial charge in [0.05, 0.1) is 19.1 Å². The Morgan fingerprint density at radius 1 is 1.21 bits per heavy atom. The second-order valence-corrected chi connectivity index (χ2v) is 11.5. The second-order valence-electron chi connectivity index (χ2n) is 10.3. The van der Waals surface area contributed by atoms with Crippen LogP contribution in [-0.2, 0) is 32.8 Å². The van der Waals surface area contributed by atoms with Gasteiger partial charge in [-0.15, -0.1) is 11.8 Å². The van der Waals surface area contributed by atoms with E-state index in [1.165, 1.54) is 18.0 Å². The van der Waals surface area contributed by atoms with Crippen LogP contribution in [0.2, 0.25) is 0 Å². The molecule has 1 aliphatic heterocycles. The van der Waals surface area contributed by atoms with Crippen molar-refractivity contribution in [1.82, 2.24) is 0 Å². The van der Waals surface area contributed by atoms with Crippen molar-refractivity contribution in [3.8, 4) is 0 Å². The minimum atomic E-state index is -0.900. The zero-order valence-corrected chi connectivity index (χ0v) is 21.2. The highest BCUT2D eigenvalue weighted by Crippen LogP contribution is 2.43. The predicted molar refractivity (Wildman–Crippen MR) is 130 cm³/mol. The zero-order valence-electron chi connectivity index (χ0n) is 20.4. The SMILES string of the molecule is Cc1cc(SC2C(=O)CC(CCc3cocc3CO)(C(C)C)OC2=O)c(C(C)(C)C)cc1N. The maximum atomic E-state index is 13.3. The molecule has 0 amide bonds. The summed E-state index contributed by atoms with van der Waals surface area (Å²) >= 11 is 1.26. The van der Waals surface area contributed by atoms with Crippen LogP contribution in [0.4, 0.5) is 5.69 Å². The Labute approximate surface area is 200 Å². The summed E-state index contributed by atoms with van der Waals surface area (Å²) in [7, 11) is 0. The summed E-state index contributed by atoms with van der Waals surface area (Å²) in [4.78, 5) is 27.4. The second kappa shape index (κ2) is 9.55. The molecule has 33 heavy (non-hydrogen) atoms. The van der Waals surface area contributed by atoms with Gasteiger partial charge in [-0.05, 0) is 59.9 Å². The van der Waals surface area contributed by atoms with Crippen molar-refractivity contribution in [2.75, 3.05) is 5.73 Å². The molecule has 2 heterocycles. The van der Waals surface area contributed by atoms with Crippen LogP contribution in [0.5, 0.6) is 0 Å². The number of ketones is 1. The van der Waals surface area contributed by atoms with Gasteiger partial charge in [0.1, 0.15) is 5.60 Å². The van der Waals surface area contributed by atoms with Crippen molar-refractivity contribution < 1.29 is 23.8 Å². The van der Waals surface area contributed by atoms with E-state index in [4.69, 9.17) is 14.9 Å². The lowest BCUT2D eigenvalue weighted by Gasteiger charge is -2.41. The van der Waals surface area contributed by atoms with Crippen molar-refractivity contribution in [3.63, 3.8) is 0 Å². The first kappa shape index (κ1) is 25.4. The number of rotatable bonds is 7. The molecule has 0 aliphatic carbocycles. The van der Waals surface area contributed by atoms with Crippen LogP contribution in [0.3, 0.4) is 0 Å². The number of ether oxygens (including phenoxy) is 1. The molecule has 3 rings (SSSR count). The van der Waals surface area contributed by atoms with E-state index in [1.807, 2.05) is 32.9 Å². The van der Waals surface area contributed by atoms with Crippen molar-refractivity contribution >= 4 is 29.2 Å². The van der Waals surface area contributed by atoms with Gasteiger partial charge in [-0.1, -0.05) is 34.6 Å². The number of esters is 1. The van der Waals surface area contributed by atoms with Gasteiger partial charge in [-0.3, -0.25) is 9.59 Å². The smallest absolute Gasteiger partial charge is 0.327 e. The number of furan rings is 1. The fourth-order valence-corrected chi connectivity index (χ4v) is 5.59. The summed E-state index contributed by atoms with van der Waals surface area (Å²) in [5.74, 6) is -0.646. The summed E-state index contributed by atoms with van der Waals surface area (Å²) in [5, 5.41) is 8.58. The first-order valence-corrected chi connectivity index (χ1v) is 12.2. The largest absolute Gasteiger partial charge is 0.472 e. The lowest BCUT2D eigenvalue weighted by Crippen LogP contribution is -2.52. The quantitative estimate of drug-likeness (QED) is 0.333. The number of carbonyl (C=O) groups excluding carboxylic acids is 2. The van der Waals surface area contributed by atoms with E-state index in [9.17, 15) is 14.7 Å². The van der Waals surface area contributed by atoms with Gasteiger partial charge in [0.2, 0.25) is 0 Å². The van der Waals surface area contributed by atoms with Crippen molar-refractivity contribution in [2.24, 2.45) is 5.92 Å². The average Bonchev–Trinajstić information content (AvgIpc) is 3.18. The molecule has 0 saturated carbocycles. The van der Waals surface area contributed by atoms with Crippen LogP contribution in [0.25, 0.3) is 0 Å². The monoisotopic (exact) mass is 473 g/mol. The molecular formula is C26H35NO5S. The minimum absolute atomic E-state index is 0.0373. The van der Waals surface area contributed by atoms with Crippen molar-refractivity contribution in [2.45, 2.75) is 88.6 Å². The van der Waals surface area contributed by atoms with Gasteiger partial charge >= 0.3 is 5.97 Å². The topological polar surface area (TPSA) is 103 Å². The van der Waals surface area contributed by atoms with Gasteiger partial charge in [0, 0.05) is 22.6 Å². The summed E-state index contributed by atoms with van der Waals surface area (Å²) < 4.78 is 11.2. The van der Waals surface area contributed by atoms with E-state index in [-0.39, 0.29) is 30.1 Å². The third kappa shape index (κ3) is 5.30. The van der Waals surface area contributed by atoms with Crippen LogP contribution in [0.1, 0.15) is 69.7 Å². The molecule has 1 aromatic carbocycles. The number of Topliss-reactive ketones (excluding diaryl/α,β-unsaturated/α-hetero) is 1. The number of thioether (sulfide) groups is 1. The number of nitrogens with two attached hydrogens (primary N) is 1. The summed E-state index contributed by atoms with van der Waals surface area (Å²) in [6, 6.07) is 3.90. The van der Waals surface area contributed by atoms with E-state index < -0.39 is 16.8 Å². The Kier molecular flexibility index (Phi) is 7.34. The highest BCUT2D eigenvalue weighted by Gasteiger charge is 2.49. The Balaban J connectivity index is 1.84. The van der Waals surface area contributed by atoms with Gasteiger partial charge in [0.25, 0.3) is 0 Å². The summed E-state index contributed by atoms with van der Waals surface area (Å²) in [6.45, 7) is 12.0. The number of hydrogen-bond acceptors (Lipinski definition) is 7. The lowest BCUT2D eigenvalue weighted by molar-refractivity contribution is -0.176. The Morgan fingerprint density at radius 2 is 1.88 bits per heavy atom. The van der Waals surface area contributed by atoms with Crippen LogP contribution >= 0.6 is 11.8 Å². The summed E-state index contributed by atoms with van der Waals surface area (Å²) in [5.41, 5.74) is 9.28. The van der Waals surface area contributed by atoms with E-state index in [1.54, 1.807) is 6.26 Å². The molecule has 1 aliphatic rings. The maximum absolute atomic E-state index is 13.3. The molecular weight excluding hydrogens is 438 g/mol. The number of anilines is 1. The zero-order chi connectivity index (χ0) is 24.6. The molecule has 0 spiro atoms. The molecule has 7 heteroatoms. The van der Waals surface area contributed by atoms with E-state index in [0.717, 1.165) is 21.6 Å². The minimum Gasteiger partial charge on any atom is -0.472 e. The Bertz CT molecular complexity index is 1020. The first-order valence-electron chi connectivity index (χ1n) is 11.4. The van der Waals surface area contributed by atoms with E-state index in [0.29, 0.717) is 24.1 Å². The van der Waals surface area contributed by atoms with Crippen molar-refractivity contribution in [1.29, 1.82) is 0 Å². The van der Waals surface area contributed by atoms with Crippen molar-refractivity contribution in [3.05, 3.63) is 46.9 Å². The predicted octanol–water partition coefficient (Wildman–Crippen LogP) is 4.96. The summed E-state index contributed by atoms with van der Waals surface area (Å²) in [6.07, 6.45) is 4.32. The molecule has 2 aromatic rings. The number of aliphatic hydroxyl groups excluding tert-OH is 1. The molecule has 1 aromatic heterocycles. The van der Waals surface area contributed by atoms with E-state index in [2.05, 4.69) is 20.8 Å². The third-order valence-electron chi connectivity index (χ3n) is 6.58. The molecule has 0 radical (unpaired) electrons. The normalized spacial score (nSPS) is 21.5. The molecule has 1 saturated heterocycles. The molecule has 0 bridgehead atoms. The van der Waals surface area contributed by atoms with Crippen LogP contribution in [0.15, 0.2) is 34.0 Å². The van der Waals surface area contributed by atoms with Gasteiger partial charge in [-0.2, -0.15) is 0 Å². The highest BCUT2D eigenvalue weighted by atomic mass is 32.2.